The van der Waals surface area contributed by atoms with E-state index in [1.165, 1.54) is 12.8 Å². The summed E-state index contributed by atoms with van der Waals surface area (Å²) in [5.74, 6) is 0.401. The van der Waals surface area contributed by atoms with Crippen LogP contribution in [0.15, 0.2) is 23.1 Å². The number of nitrogens with one attached hydrogen (secondary N) is 2. The topological polar surface area (TPSA) is 65.2 Å². The maximum atomic E-state index is 12.3. The van der Waals surface area contributed by atoms with Crippen LogP contribution in [0.5, 0.6) is 0 Å². The van der Waals surface area contributed by atoms with Gasteiger partial charge in [-0.3, -0.25) is 9.59 Å². The van der Waals surface area contributed by atoms with E-state index in [1.54, 1.807) is 23.2 Å². The number of piperidine rings is 1. The number of amides is 1. The van der Waals surface area contributed by atoms with Crippen molar-refractivity contribution in [3.63, 3.8) is 0 Å². The summed E-state index contributed by atoms with van der Waals surface area (Å²) in [6.45, 7) is 2.53. The highest BCUT2D eigenvalue weighted by molar-refractivity contribution is 5.94. The van der Waals surface area contributed by atoms with E-state index in [2.05, 4.69) is 10.3 Å². The molecule has 0 aliphatic carbocycles. The second kappa shape index (κ2) is 4.57. The Morgan fingerprint density at radius 3 is 3.06 bits per heavy atom. The smallest absolute Gasteiger partial charge is 0.260 e. The fraction of sp³-hybridized carbons (Fsp3) is 0.538. The SMILES string of the molecule is O=C(c1ccc[nH]c1=O)N1C[C@@H]2CCCN[C@@H]2C1. The zero-order valence-corrected chi connectivity index (χ0v) is 10.2. The summed E-state index contributed by atoms with van der Waals surface area (Å²) in [5.41, 5.74) is -0.0542. The molecular weight excluding hydrogens is 230 g/mol. The van der Waals surface area contributed by atoms with Crippen molar-refractivity contribution >= 4 is 5.91 Å². The van der Waals surface area contributed by atoms with Gasteiger partial charge in [0.2, 0.25) is 0 Å². The second-order valence-corrected chi connectivity index (χ2v) is 5.09. The lowest BCUT2D eigenvalue weighted by atomic mass is 9.94. The first-order valence-corrected chi connectivity index (χ1v) is 6.46. The predicted octanol–water partition coefficient (Wildman–Crippen LogP) is 0.199. The minimum atomic E-state index is -0.301. The molecule has 5 nitrogen and oxygen atoms in total. The van der Waals surface area contributed by atoms with Crippen LogP contribution in [0.1, 0.15) is 23.2 Å². The maximum Gasteiger partial charge on any atom is 0.260 e. The number of aromatic amines is 1. The number of carbonyl (C=O) groups excluding carboxylic acids is 1. The van der Waals surface area contributed by atoms with Gasteiger partial charge in [-0.1, -0.05) is 0 Å². The van der Waals surface area contributed by atoms with Gasteiger partial charge in [0.15, 0.2) is 0 Å². The van der Waals surface area contributed by atoms with Gasteiger partial charge in [0.1, 0.15) is 5.56 Å². The molecule has 0 bridgehead atoms. The number of nitrogens with zero attached hydrogens (tertiary/aromatic N) is 1. The number of carbonyl (C=O) groups is 1. The minimum absolute atomic E-state index is 0.145. The first-order chi connectivity index (χ1) is 8.75. The summed E-state index contributed by atoms with van der Waals surface area (Å²) in [6, 6.07) is 3.69. The van der Waals surface area contributed by atoms with Crippen LogP contribution in [0.4, 0.5) is 0 Å². The van der Waals surface area contributed by atoms with Gasteiger partial charge in [-0.25, -0.2) is 0 Å². The Morgan fingerprint density at radius 1 is 1.39 bits per heavy atom. The minimum Gasteiger partial charge on any atom is -0.337 e. The normalized spacial score (nSPS) is 27.0. The van der Waals surface area contributed by atoms with Gasteiger partial charge in [-0.2, -0.15) is 0 Å². The van der Waals surface area contributed by atoms with Gasteiger partial charge in [-0.15, -0.1) is 0 Å². The van der Waals surface area contributed by atoms with Gasteiger partial charge in [-0.05, 0) is 37.4 Å². The average Bonchev–Trinajstić information content (AvgIpc) is 2.82. The van der Waals surface area contributed by atoms with Crippen molar-refractivity contribution in [2.24, 2.45) is 5.92 Å². The van der Waals surface area contributed by atoms with E-state index >= 15 is 0 Å². The Balaban J connectivity index is 1.78. The molecule has 2 aliphatic heterocycles. The highest BCUT2D eigenvalue weighted by atomic mass is 16.2. The van der Waals surface area contributed by atoms with Crippen molar-refractivity contribution in [3.05, 3.63) is 34.2 Å². The third-order valence-corrected chi connectivity index (χ3v) is 3.94. The molecule has 1 aromatic heterocycles. The van der Waals surface area contributed by atoms with Crippen molar-refractivity contribution in [1.82, 2.24) is 15.2 Å². The summed E-state index contributed by atoms with van der Waals surface area (Å²) >= 11 is 0. The fourth-order valence-electron chi connectivity index (χ4n) is 2.97. The molecule has 2 atom stereocenters. The number of pyridine rings is 1. The van der Waals surface area contributed by atoms with Crippen LogP contribution in [-0.4, -0.2) is 41.5 Å². The maximum absolute atomic E-state index is 12.3. The van der Waals surface area contributed by atoms with Crippen LogP contribution >= 0.6 is 0 Å². The number of hydrogen-bond donors (Lipinski definition) is 2. The molecule has 2 saturated heterocycles. The van der Waals surface area contributed by atoms with Gasteiger partial charge in [0.05, 0.1) is 0 Å². The lowest BCUT2D eigenvalue weighted by Gasteiger charge is -2.24. The van der Waals surface area contributed by atoms with Crippen LogP contribution < -0.4 is 10.9 Å². The van der Waals surface area contributed by atoms with E-state index < -0.39 is 0 Å². The first kappa shape index (κ1) is 11.5. The Hall–Kier alpha value is -1.62. The Bertz CT molecular complexity index is 497. The van der Waals surface area contributed by atoms with Crippen molar-refractivity contribution < 1.29 is 4.79 Å². The first-order valence-electron chi connectivity index (χ1n) is 6.46. The summed E-state index contributed by atoms with van der Waals surface area (Å²) in [5, 5.41) is 3.45. The number of hydrogen-bond acceptors (Lipinski definition) is 3. The molecule has 1 amide bonds. The second-order valence-electron chi connectivity index (χ2n) is 5.09. The highest BCUT2D eigenvalue weighted by Gasteiger charge is 2.37. The van der Waals surface area contributed by atoms with Gasteiger partial charge >= 0.3 is 0 Å². The number of aromatic nitrogens is 1. The summed E-state index contributed by atoms with van der Waals surface area (Å²) < 4.78 is 0. The lowest BCUT2D eigenvalue weighted by Crippen LogP contribution is -2.41. The molecule has 18 heavy (non-hydrogen) atoms. The Kier molecular flexibility index (Phi) is 2.91. The van der Waals surface area contributed by atoms with Crippen LogP contribution in [0.2, 0.25) is 0 Å². The fourth-order valence-corrected chi connectivity index (χ4v) is 2.97. The van der Waals surface area contributed by atoms with Crippen molar-refractivity contribution in [3.8, 4) is 0 Å². The van der Waals surface area contributed by atoms with Crippen LogP contribution in [-0.2, 0) is 0 Å². The molecular formula is C13H17N3O2. The number of rotatable bonds is 1. The molecule has 96 valence electrons. The zero-order chi connectivity index (χ0) is 12.5. The van der Waals surface area contributed by atoms with Crippen LogP contribution in [0.3, 0.4) is 0 Å². The van der Waals surface area contributed by atoms with Gasteiger partial charge in [0, 0.05) is 25.3 Å². The Morgan fingerprint density at radius 2 is 2.28 bits per heavy atom. The number of H-pyrrole nitrogens is 1. The van der Waals surface area contributed by atoms with Gasteiger partial charge < -0.3 is 15.2 Å². The third kappa shape index (κ3) is 1.95. The molecule has 5 heteroatoms. The Labute approximate surface area is 105 Å². The molecule has 0 unspecified atom stereocenters. The lowest BCUT2D eigenvalue weighted by molar-refractivity contribution is 0.0784. The molecule has 0 spiro atoms. The monoisotopic (exact) mass is 247 g/mol. The molecule has 2 fully saturated rings. The third-order valence-electron chi connectivity index (χ3n) is 3.94. The van der Waals surface area contributed by atoms with Crippen molar-refractivity contribution in [1.29, 1.82) is 0 Å². The van der Waals surface area contributed by atoms with Crippen molar-refractivity contribution in [2.45, 2.75) is 18.9 Å². The molecule has 2 aliphatic rings. The molecule has 0 radical (unpaired) electrons. The zero-order valence-electron chi connectivity index (χ0n) is 10.2. The van der Waals surface area contributed by atoms with E-state index in [0.717, 1.165) is 19.6 Å². The molecule has 3 heterocycles. The quantitative estimate of drug-likeness (QED) is 0.745. The standard InChI is InChI=1S/C13H17N3O2/c17-12-10(4-2-6-15-12)13(18)16-7-9-3-1-5-14-11(9)8-16/h2,4,6,9,11,14H,1,3,5,7-8H2,(H,15,17)/t9-,11+/m0/s1. The van der Waals surface area contributed by atoms with E-state index in [1.807, 2.05) is 0 Å². The van der Waals surface area contributed by atoms with Crippen LogP contribution in [0, 0.1) is 5.92 Å². The highest BCUT2D eigenvalue weighted by Crippen LogP contribution is 2.25. The molecule has 1 aromatic rings. The van der Waals surface area contributed by atoms with E-state index in [9.17, 15) is 9.59 Å². The van der Waals surface area contributed by atoms with Crippen molar-refractivity contribution in [2.75, 3.05) is 19.6 Å². The van der Waals surface area contributed by atoms with E-state index in [0.29, 0.717) is 12.0 Å². The summed E-state index contributed by atoms with van der Waals surface area (Å²) in [7, 11) is 0. The van der Waals surface area contributed by atoms with E-state index in [4.69, 9.17) is 0 Å². The molecule has 0 saturated carbocycles. The number of likely N-dealkylation sites (tertiary alicyclic amines) is 1. The van der Waals surface area contributed by atoms with Crippen LogP contribution in [0.25, 0.3) is 0 Å². The molecule has 3 rings (SSSR count). The summed E-state index contributed by atoms with van der Waals surface area (Å²) in [4.78, 5) is 28.3. The molecule has 0 aromatic carbocycles. The average molecular weight is 247 g/mol. The number of fused-ring (bicyclic) bond motifs is 1. The van der Waals surface area contributed by atoms with Gasteiger partial charge in [0.25, 0.3) is 11.5 Å². The summed E-state index contributed by atoms with van der Waals surface area (Å²) in [6.07, 6.45) is 3.89. The molecule has 2 N–H and O–H groups in total. The predicted molar refractivity (Wildman–Crippen MR) is 67.5 cm³/mol. The largest absolute Gasteiger partial charge is 0.337 e. The van der Waals surface area contributed by atoms with E-state index in [-0.39, 0.29) is 17.0 Å².